The minimum absolute atomic E-state index is 0.297. The highest BCUT2D eigenvalue weighted by Crippen LogP contribution is 2.28. The third-order valence-electron chi connectivity index (χ3n) is 2.35. The van der Waals surface area contributed by atoms with Crippen LogP contribution in [0.15, 0.2) is 41.2 Å². The second-order valence-electron chi connectivity index (χ2n) is 3.84. The van der Waals surface area contributed by atoms with Gasteiger partial charge in [0.2, 0.25) is 0 Å². The molecule has 1 aromatic heterocycles. The van der Waals surface area contributed by atoms with Crippen LogP contribution in [-0.4, -0.2) is 19.9 Å². The summed E-state index contributed by atoms with van der Waals surface area (Å²) in [6.45, 7) is 0. The number of alkyl halides is 3. The van der Waals surface area contributed by atoms with E-state index in [0.29, 0.717) is 16.9 Å². The number of nitrogens with zero attached hydrogens (tertiary/aromatic N) is 1. The van der Waals surface area contributed by atoms with E-state index in [1.54, 1.807) is 30.3 Å². The summed E-state index contributed by atoms with van der Waals surface area (Å²) in [5.74, 6) is -0.755. The number of amides is 1. The summed E-state index contributed by atoms with van der Waals surface area (Å²) >= 11 is 16.4. The zero-order chi connectivity index (χ0) is 14.8. The molecule has 0 bridgehead atoms. The zero-order valence-corrected chi connectivity index (χ0v) is 12.1. The van der Waals surface area contributed by atoms with Gasteiger partial charge < -0.3 is 5.32 Å². The van der Waals surface area contributed by atoms with E-state index < -0.39 is 9.70 Å². The van der Waals surface area contributed by atoms with Gasteiger partial charge in [-0.3, -0.25) is 9.59 Å². The van der Waals surface area contributed by atoms with Gasteiger partial charge in [-0.05, 0) is 18.2 Å². The lowest BCUT2D eigenvalue weighted by molar-refractivity contribution is -0.115. The Morgan fingerprint density at radius 1 is 1.20 bits per heavy atom. The average Bonchev–Trinajstić information content (AvgIpc) is 2.39. The van der Waals surface area contributed by atoms with Crippen LogP contribution in [0.5, 0.6) is 0 Å². The fourth-order valence-electron chi connectivity index (χ4n) is 1.46. The van der Waals surface area contributed by atoms with Crippen LogP contribution in [0.4, 0.5) is 5.69 Å². The van der Waals surface area contributed by atoms with Crippen molar-refractivity contribution < 1.29 is 4.79 Å². The first-order valence-electron chi connectivity index (χ1n) is 5.40. The molecular formula is C12H8Cl3N3O2. The number of rotatable bonds is 2. The Hall–Kier alpha value is -1.56. The van der Waals surface area contributed by atoms with E-state index in [9.17, 15) is 9.59 Å². The van der Waals surface area contributed by atoms with Crippen LogP contribution in [-0.2, 0) is 4.79 Å². The Bertz CT molecular complexity index is 674. The number of benzene rings is 1. The molecule has 20 heavy (non-hydrogen) atoms. The predicted octanol–water partition coefficient (Wildman–Crippen LogP) is 2.75. The van der Waals surface area contributed by atoms with Crippen molar-refractivity contribution in [1.29, 1.82) is 0 Å². The smallest absolute Gasteiger partial charge is 0.276 e. The van der Waals surface area contributed by atoms with Crippen LogP contribution in [0.3, 0.4) is 0 Å². The molecule has 0 saturated carbocycles. The number of hydrogen-bond donors (Lipinski definition) is 2. The van der Waals surface area contributed by atoms with Crippen molar-refractivity contribution in [1.82, 2.24) is 10.2 Å². The molecule has 0 unspecified atom stereocenters. The summed E-state index contributed by atoms with van der Waals surface area (Å²) in [5, 5.41) is 8.68. The van der Waals surface area contributed by atoms with Gasteiger partial charge in [0.25, 0.3) is 15.3 Å². The average molecular weight is 333 g/mol. The lowest BCUT2D eigenvalue weighted by Gasteiger charge is -2.12. The molecule has 5 nitrogen and oxygen atoms in total. The quantitative estimate of drug-likeness (QED) is 0.830. The lowest BCUT2D eigenvalue weighted by atomic mass is 10.1. The van der Waals surface area contributed by atoms with Crippen LogP contribution in [0.25, 0.3) is 11.3 Å². The summed E-state index contributed by atoms with van der Waals surface area (Å²) in [6, 6.07) is 9.68. The maximum absolute atomic E-state index is 11.6. The highest BCUT2D eigenvalue weighted by molar-refractivity contribution is 6.76. The summed E-state index contributed by atoms with van der Waals surface area (Å²) in [6.07, 6.45) is 0. The number of carbonyl (C=O) groups is 1. The fourth-order valence-corrected chi connectivity index (χ4v) is 1.61. The standard InChI is InChI=1S/C12H8Cl3N3O2/c13-12(14,15)11(20)16-8-3-1-2-7(6-8)9-4-5-10(19)18-17-9/h1-6H,(H,16,20)(H,18,19). The molecule has 0 aliphatic heterocycles. The first kappa shape index (κ1) is 14.8. The topological polar surface area (TPSA) is 74.8 Å². The number of nitrogens with one attached hydrogen (secondary N) is 2. The molecule has 8 heteroatoms. The Morgan fingerprint density at radius 3 is 2.55 bits per heavy atom. The van der Waals surface area contributed by atoms with Gasteiger partial charge in [-0.2, -0.15) is 5.10 Å². The molecule has 0 saturated heterocycles. The Labute approximate surface area is 128 Å². The molecule has 2 aromatic rings. The number of carbonyl (C=O) groups excluding carboxylic acids is 1. The van der Waals surface area contributed by atoms with Crippen LogP contribution in [0, 0.1) is 0 Å². The molecule has 0 spiro atoms. The monoisotopic (exact) mass is 331 g/mol. The molecule has 104 valence electrons. The van der Waals surface area contributed by atoms with Gasteiger partial charge in [0.15, 0.2) is 0 Å². The van der Waals surface area contributed by atoms with Crippen LogP contribution in [0.1, 0.15) is 0 Å². The molecule has 2 rings (SSSR count). The van der Waals surface area contributed by atoms with Crippen molar-refractivity contribution >= 4 is 46.4 Å². The van der Waals surface area contributed by atoms with Crippen molar-refractivity contribution in [2.24, 2.45) is 0 Å². The van der Waals surface area contributed by atoms with E-state index in [-0.39, 0.29) is 5.56 Å². The van der Waals surface area contributed by atoms with Crippen LogP contribution < -0.4 is 10.9 Å². The number of halogens is 3. The number of H-pyrrole nitrogens is 1. The summed E-state index contributed by atoms with van der Waals surface area (Å²) < 4.78 is -2.04. The van der Waals surface area contributed by atoms with Gasteiger partial charge in [-0.25, -0.2) is 5.10 Å². The first-order valence-corrected chi connectivity index (χ1v) is 6.54. The first-order chi connectivity index (χ1) is 9.36. The Balaban J connectivity index is 2.26. The fraction of sp³-hybridized carbons (Fsp3) is 0.0833. The molecule has 1 aromatic carbocycles. The Kier molecular flexibility index (Phi) is 4.32. The summed E-state index contributed by atoms with van der Waals surface area (Å²) in [5.41, 5.74) is 1.40. The summed E-state index contributed by atoms with van der Waals surface area (Å²) in [7, 11) is 0. The van der Waals surface area contributed by atoms with Gasteiger partial charge in [-0.15, -0.1) is 0 Å². The van der Waals surface area contributed by atoms with E-state index >= 15 is 0 Å². The van der Waals surface area contributed by atoms with Crippen LogP contribution in [0.2, 0.25) is 0 Å². The number of hydrogen-bond acceptors (Lipinski definition) is 3. The third kappa shape index (κ3) is 3.72. The van der Waals surface area contributed by atoms with Crippen molar-refractivity contribution in [3.8, 4) is 11.3 Å². The van der Waals surface area contributed by atoms with E-state index in [1.807, 2.05) is 0 Å². The normalized spacial score (nSPS) is 11.2. The SMILES string of the molecule is O=C(Nc1cccc(-c2ccc(=O)[nH]n2)c1)C(Cl)(Cl)Cl. The zero-order valence-electron chi connectivity index (χ0n) is 9.86. The van der Waals surface area contributed by atoms with Gasteiger partial charge in [0, 0.05) is 17.3 Å². The third-order valence-corrected chi connectivity index (χ3v) is 2.87. The Morgan fingerprint density at radius 2 is 1.95 bits per heavy atom. The second kappa shape index (κ2) is 5.83. The second-order valence-corrected chi connectivity index (χ2v) is 6.12. The van der Waals surface area contributed by atoms with Crippen molar-refractivity contribution in [3.63, 3.8) is 0 Å². The molecule has 0 aliphatic carbocycles. The van der Waals surface area contributed by atoms with Crippen LogP contribution >= 0.6 is 34.8 Å². The maximum atomic E-state index is 11.6. The largest absolute Gasteiger partial charge is 0.322 e. The molecule has 2 N–H and O–H groups in total. The molecule has 0 aliphatic rings. The molecule has 1 amide bonds. The highest BCUT2D eigenvalue weighted by Gasteiger charge is 2.30. The van der Waals surface area contributed by atoms with E-state index in [4.69, 9.17) is 34.8 Å². The number of anilines is 1. The molecule has 0 atom stereocenters. The molecular weight excluding hydrogens is 325 g/mol. The number of aromatic nitrogens is 2. The molecule has 1 heterocycles. The van der Waals surface area contributed by atoms with E-state index in [2.05, 4.69) is 15.5 Å². The van der Waals surface area contributed by atoms with Crippen molar-refractivity contribution in [2.75, 3.05) is 5.32 Å². The number of aromatic amines is 1. The van der Waals surface area contributed by atoms with E-state index in [1.165, 1.54) is 6.07 Å². The van der Waals surface area contributed by atoms with Gasteiger partial charge in [0.05, 0.1) is 5.69 Å². The predicted molar refractivity (Wildman–Crippen MR) is 79.2 cm³/mol. The maximum Gasteiger partial charge on any atom is 0.276 e. The lowest BCUT2D eigenvalue weighted by Crippen LogP contribution is -2.26. The molecule has 0 fully saturated rings. The van der Waals surface area contributed by atoms with E-state index in [0.717, 1.165) is 0 Å². The van der Waals surface area contributed by atoms with Crippen molar-refractivity contribution in [3.05, 3.63) is 46.8 Å². The molecule has 0 radical (unpaired) electrons. The minimum atomic E-state index is -2.04. The minimum Gasteiger partial charge on any atom is -0.322 e. The van der Waals surface area contributed by atoms with Crippen molar-refractivity contribution in [2.45, 2.75) is 3.79 Å². The summed E-state index contributed by atoms with van der Waals surface area (Å²) in [4.78, 5) is 22.5. The highest BCUT2D eigenvalue weighted by atomic mass is 35.6. The van der Waals surface area contributed by atoms with Gasteiger partial charge in [0.1, 0.15) is 0 Å². The van der Waals surface area contributed by atoms with Gasteiger partial charge in [-0.1, -0.05) is 46.9 Å². The van der Waals surface area contributed by atoms with Gasteiger partial charge >= 0.3 is 0 Å².